The smallest absolute Gasteiger partial charge is 0.150 e. The fourth-order valence-corrected chi connectivity index (χ4v) is 2.54. The molecule has 0 N–H and O–H groups in total. The topological polar surface area (TPSA) is 17.1 Å². The number of halogens is 1. The standard InChI is InChI=1S/C22H15FO/c1-16-18(8-5-9-21(16)19-6-3-2-4-7-19)12-13-20-11-10-17(15-24)14-22(20)23/h2-11,14-15H,1H3. The molecule has 0 unspecified atom stereocenters. The van der Waals surface area contributed by atoms with E-state index in [0.29, 0.717) is 11.8 Å². The summed E-state index contributed by atoms with van der Waals surface area (Å²) in [7, 11) is 0. The van der Waals surface area contributed by atoms with Gasteiger partial charge in [0.15, 0.2) is 0 Å². The normalized spacial score (nSPS) is 9.92. The van der Waals surface area contributed by atoms with Crippen molar-refractivity contribution in [2.75, 3.05) is 0 Å². The Morgan fingerprint density at radius 2 is 1.62 bits per heavy atom. The molecule has 0 aromatic heterocycles. The maximum atomic E-state index is 13.9. The van der Waals surface area contributed by atoms with Gasteiger partial charge in [0.1, 0.15) is 12.1 Å². The minimum atomic E-state index is -0.482. The lowest BCUT2D eigenvalue weighted by Gasteiger charge is -2.07. The Hall–Kier alpha value is -3.18. The molecule has 3 aromatic carbocycles. The summed E-state index contributed by atoms with van der Waals surface area (Å²) in [5.41, 5.74) is 4.74. The zero-order valence-corrected chi connectivity index (χ0v) is 13.2. The summed E-state index contributed by atoms with van der Waals surface area (Å²) in [5.74, 6) is 5.42. The van der Waals surface area contributed by atoms with Gasteiger partial charge in [-0.05, 0) is 41.8 Å². The van der Waals surface area contributed by atoms with Crippen LogP contribution in [0.25, 0.3) is 11.1 Å². The van der Waals surface area contributed by atoms with Gasteiger partial charge in [-0.25, -0.2) is 4.39 Å². The first kappa shape index (κ1) is 15.7. The van der Waals surface area contributed by atoms with Crippen LogP contribution in [0.4, 0.5) is 4.39 Å². The van der Waals surface area contributed by atoms with E-state index in [1.165, 1.54) is 12.1 Å². The van der Waals surface area contributed by atoms with Crippen molar-refractivity contribution < 1.29 is 9.18 Å². The number of hydrogen-bond donors (Lipinski definition) is 0. The van der Waals surface area contributed by atoms with Crippen molar-refractivity contribution in [3.63, 3.8) is 0 Å². The fraction of sp³-hybridized carbons (Fsp3) is 0.0455. The van der Waals surface area contributed by atoms with Gasteiger partial charge in [0.2, 0.25) is 0 Å². The van der Waals surface area contributed by atoms with Crippen LogP contribution >= 0.6 is 0 Å². The van der Waals surface area contributed by atoms with Crippen LogP contribution in [0.15, 0.2) is 66.7 Å². The summed E-state index contributed by atoms with van der Waals surface area (Å²) >= 11 is 0. The third kappa shape index (κ3) is 3.26. The second kappa shape index (κ2) is 6.93. The van der Waals surface area contributed by atoms with Crippen LogP contribution in [0, 0.1) is 24.6 Å². The Morgan fingerprint density at radius 1 is 0.875 bits per heavy atom. The van der Waals surface area contributed by atoms with E-state index in [2.05, 4.69) is 30.0 Å². The molecule has 1 nitrogen and oxygen atoms in total. The van der Waals surface area contributed by atoms with Crippen LogP contribution in [0.1, 0.15) is 27.0 Å². The van der Waals surface area contributed by atoms with Gasteiger partial charge >= 0.3 is 0 Å². The van der Waals surface area contributed by atoms with Gasteiger partial charge < -0.3 is 0 Å². The van der Waals surface area contributed by atoms with Gasteiger partial charge in [-0.1, -0.05) is 60.4 Å². The minimum Gasteiger partial charge on any atom is -0.298 e. The average molecular weight is 314 g/mol. The van der Waals surface area contributed by atoms with Crippen molar-refractivity contribution in [2.45, 2.75) is 6.92 Å². The lowest BCUT2D eigenvalue weighted by atomic mass is 9.96. The van der Waals surface area contributed by atoms with Gasteiger partial charge in [-0.2, -0.15) is 0 Å². The highest BCUT2D eigenvalue weighted by molar-refractivity contribution is 5.75. The molecule has 3 rings (SSSR count). The lowest BCUT2D eigenvalue weighted by molar-refractivity contribution is 0.112. The third-order valence-electron chi connectivity index (χ3n) is 3.88. The molecule has 0 heterocycles. The summed E-state index contributed by atoms with van der Waals surface area (Å²) in [5, 5.41) is 0. The third-order valence-corrected chi connectivity index (χ3v) is 3.88. The Labute approximate surface area is 140 Å². The molecule has 0 atom stereocenters. The van der Waals surface area contributed by atoms with Gasteiger partial charge in [0, 0.05) is 11.1 Å². The van der Waals surface area contributed by atoms with Crippen LogP contribution in [-0.2, 0) is 0 Å². The fourth-order valence-electron chi connectivity index (χ4n) is 2.54. The summed E-state index contributed by atoms with van der Waals surface area (Å²) in [6.45, 7) is 2.01. The molecule has 0 aliphatic rings. The number of rotatable bonds is 2. The van der Waals surface area contributed by atoms with E-state index in [4.69, 9.17) is 0 Å². The minimum absolute atomic E-state index is 0.283. The maximum Gasteiger partial charge on any atom is 0.150 e. The highest BCUT2D eigenvalue weighted by atomic mass is 19.1. The van der Waals surface area contributed by atoms with E-state index in [9.17, 15) is 9.18 Å². The summed E-state index contributed by atoms with van der Waals surface area (Å²) in [4.78, 5) is 10.7. The summed E-state index contributed by atoms with van der Waals surface area (Å²) in [6.07, 6.45) is 0.619. The molecule has 0 amide bonds. The van der Waals surface area contributed by atoms with Crippen molar-refractivity contribution in [2.24, 2.45) is 0 Å². The number of benzene rings is 3. The van der Waals surface area contributed by atoms with Crippen molar-refractivity contribution >= 4 is 6.29 Å². The Bertz CT molecular complexity index is 947. The molecule has 116 valence electrons. The first-order chi connectivity index (χ1) is 11.7. The number of hydrogen-bond acceptors (Lipinski definition) is 1. The van der Waals surface area contributed by atoms with Crippen LogP contribution in [0.2, 0.25) is 0 Å². The maximum absolute atomic E-state index is 13.9. The number of aldehydes is 1. The second-order valence-corrected chi connectivity index (χ2v) is 5.45. The molecule has 0 fully saturated rings. The average Bonchev–Trinajstić information content (AvgIpc) is 2.62. The van der Waals surface area contributed by atoms with Gasteiger partial charge in [0.05, 0.1) is 5.56 Å². The summed E-state index contributed by atoms with van der Waals surface area (Å²) in [6, 6.07) is 20.3. The molecule has 0 aliphatic heterocycles. The molecule has 0 bridgehead atoms. The first-order valence-corrected chi connectivity index (χ1v) is 7.61. The van der Waals surface area contributed by atoms with Crippen LogP contribution in [0.3, 0.4) is 0 Å². The van der Waals surface area contributed by atoms with Crippen LogP contribution in [-0.4, -0.2) is 6.29 Å². The first-order valence-electron chi connectivity index (χ1n) is 7.61. The second-order valence-electron chi connectivity index (χ2n) is 5.45. The largest absolute Gasteiger partial charge is 0.298 e. The van der Waals surface area contributed by atoms with Crippen LogP contribution < -0.4 is 0 Å². The highest BCUT2D eigenvalue weighted by Gasteiger charge is 2.05. The molecule has 24 heavy (non-hydrogen) atoms. The van der Waals surface area contributed by atoms with E-state index in [-0.39, 0.29) is 5.56 Å². The molecule has 3 aromatic rings. The number of carbonyl (C=O) groups is 1. The van der Waals surface area contributed by atoms with E-state index in [1.807, 2.05) is 37.3 Å². The highest BCUT2D eigenvalue weighted by Crippen LogP contribution is 2.25. The molecule has 2 heteroatoms. The SMILES string of the molecule is Cc1c(C#Cc2ccc(C=O)cc2F)cccc1-c1ccccc1. The van der Waals surface area contributed by atoms with E-state index in [1.54, 1.807) is 6.07 Å². The molecule has 0 spiro atoms. The van der Waals surface area contributed by atoms with Crippen molar-refractivity contribution in [1.82, 2.24) is 0 Å². The predicted molar refractivity (Wildman–Crippen MR) is 94.4 cm³/mol. The van der Waals surface area contributed by atoms with E-state index < -0.39 is 5.82 Å². The van der Waals surface area contributed by atoms with Gasteiger partial charge in [-0.3, -0.25) is 4.79 Å². The van der Waals surface area contributed by atoms with Crippen molar-refractivity contribution in [1.29, 1.82) is 0 Å². The van der Waals surface area contributed by atoms with Gasteiger partial charge in [-0.15, -0.1) is 0 Å². The Morgan fingerprint density at radius 3 is 2.33 bits per heavy atom. The number of carbonyl (C=O) groups excluding carboxylic acids is 1. The van der Waals surface area contributed by atoms with Crippen LogP contribution in [0.5, 0.6) is 0 Å². The Kier molecular flexibility index (Phi) is 4.54. The Balaban J connectivity index is 1.99. The van der Waals surface area contributed by atoms with Crippen molar-refractivity contribution in [3.8, 4) is 23.0 Å². The van der Waals surface area contributed by atoms with Crippen molar-refractivity contribution in [3.05, 3.63) is 94.8 Å². The molecule has 0 radical (unpaired) electrons. The molecular weight excluding hydrogens is 299 g/mol. The van der Waals surface area contributed by atoms with E-state index >= 15 is 0 Å². The van der Waals surface area contributed by atoms with Gasteiger partial charge in [0.25, 0.3) is 0 Å². The molecular formula is C22H15FO. The monoisotopic (exact) mass is 314 g/mol. The summed E-state index contributed by atoms with van der Waals surface area (Å²) < 4.78 is 13.9. The molecule has 0 aliphatic carbocycles. The van der Waals surface area contributed by atoms with E-state index in [0.717, 1.165) is 22.3 Å². The zero-order chi connectivity index (χ0) is 16.9. The molecule has 0 saturated heterocycles. The zero-order valence-electron chi connectivity index (χ0n) is 13.2. The lowest BCUT2D eigenvalue weighted by Crippen LogP contribution is -1.90. The predicted octanol–water partition coefficient (Wildman–Crippen LogP) is 5.01. The molecule has 0 saturated carbocycles. The quantitative estimate of drug-likeness (QED) is 0.480.